The zero-order valence-electron chi connectivity index (χ0n) is 17.1. The summed E-state index contributed by atoms with van der Waals surface area (Å²) in [7, 11) is 0. The maximum absolute atomic E-state index is 13.7. The number of nitrogens with one attached hydrogen (secondary N) is 1. The molecule has 8 nitrogen and oxygen atoms in total. The highest BCUT2D eigenvalue weighted by atomic mass is 19.1. The van der Waals surface area contributed by atoms with E-state index in [-0.39, 0.29) is 36.4 Å². The van der Waals surface area contributed by atoms with Crippen molar-refractivity contribution in [1.82, 2.24) is 25.1 Å². The number of benzene rings is 1. The third kappa shape index (κ3) is 4.31. The maximum Gasteiger partial charge on any atom is 0.254 e. The van der Waals surface area contributed by atoms with Gasteiger partial charge < -0.3 is 15.2 Å². The van der Waals surface area contributed by atoms with Crippen molar-refractivity contribution >= 4 is 16.8 Å². The summed E-state index contributed by atoms with van der Waals surface area (Å²) in [6, 6.07) is 4.45. The maximum atomic E-state index is 13.7. The van der Waals surface area contributed by atoms with Gasteiger partial charge in [0.25, 0.3) is 11.9 Å². The standard InChI is InChI=1S/C21H24FN5O3/c1-12-17-5-4-14(22)6-18(17)27(26-12)20-23-9-13(10-24-20)19(28)25-15-7-16(8-15)30-11-21(2,3)29/h4-6,9-10,15-16,29H,7-8,11H2,1-3H3,(H,25,28). The van der Waals surface area contributed by atoms with Crippen molar-refractivity contribution in [3.63, 3.8) is 0 Å². The molecule has 0 aliphatic heterocycles. The Morgan fingerprint density at radius 3 is 2.70 bits per heavy atom. The van der Waals surface area contributed by atoms with E-state index >= 15 is 0 Å². The second-order valence-electron chi connectivity index (χ2n) is 8.32. The van der Waals surface area contributed by atoms with Gasteiger partial charge >= 0.3 is 0 Å². The molecule has 1 aliphatic carbocycles. The van der Waals surface area contributed by atoms with E-state index in [0.717, 1.165) is 11.1 Å². The first kappa shape index (κ1) is 20.4. The minimum atomic E-state index is -0.863. The highest BCUT2D eigenvalue weighted by Gasteiger charge is 2.32. The molecule has 0 unspecified atom stereocenters. The van der Waals surface area contributed by atoms with Crippen LogP contribution in [-0.4, -0.2) is 55.1 Å². The molecule has 0 atom stereocenters. The SMILES string of the molecule is Cc1nn(-c2ncc(C(=O)NC3CC(OCC(C)(C)O)C3)cn2)c2cc(F)ccc12. The number of hydrogen-bond donors (Lipinski definition) is 2. The number of carbonyl (C=O) groups is 1. The topological polar surface area (TPSA) is 102 Å². The van der Waals surface area contributed by atoms with Crippen LogP contribution >= 0.6 is 0 Å². The number of ether oxygens (including phenoxy) is 1. The molecule has 158 valence electrons. The Morgan fingerprint density at radius 2 is 2.03 bits per heavy atom. The summed E-state index contributed by atoms with van der Waals surface area (Å²) >= 11 is 0. The van der Waals surface area contributed by atoms with Crippen LogP contribution in [-0.2, 0) is 4.74 Å². The summed E-state index contributed by atoms with van der Waals surface area (Å²) in [5, 5.41) is 17.8. The molecule has 30 heavy (non-hydrogen) atoms. The third-order valence-electron chi connectivity index (χ3n) is 5.02. The lowest BCUT2D eigenvalue weighted by Crippen LogP contribution is -2.48. The van der Waals surface area contributed by atoms with Crippen LogP contribution in [0.4, 0.5) is 4.39 Å². The van der Waals surface area contributed by atoms with E-state index in [4.69, 9.17) is 4.74 Å². The quantitative estimate of drug-likeness (QED) is 0.643. The summed E-state index contributed by atoms with van der Waals surface area (Å²) in [5.74, 6) is -0.371. The molecule has 3 aromatic rings. The number of halogens is 1. The zero-order valence-corrected chi connectivity index (χ0v) is 17.1. The van der Waals surface area contributed by atoms with E-state index in [9.17, 15) is 14.3 Å². The van der Waals surface area contributed by atoms with Gasteiger partial charge in [0.05, 0.1) is 35.1 Å². The molecule has 1 fully saturated rings. The molecule has 2 heterocycles. The highest BCUT2D eigenvalue weighted by Crippen LogP contribution is 2.25. The number of carbonyl (C=O) groups excluding carboxylic acids is 1. The molecule has 1 aliphatic rings. The molecule has 0 saturated heterocycles. The number of aliphatic hydroxyl groups is 1. The number of nitrogens with zero attached hydrogens (tertiary/aromatic N) is 4. The average Bonchev–Trinajstić information content (AvgIpc) is 2.98. The van der Waals surface area contributed by atoms with E-state index < -0.39 is 5.60 Å². The molecule has 0 bridgehead atoms. The van der Waals surface area contributed by atoms with Crippen LogP contribution < -0.4 is 5.32 Å². The third-order valence-corrected chi connectivity index (χ3v) is 5.02. The van der Waals surface area contributed by atoms with Crippen molar-refractivity contribution in [3.8, 4) is 5.95 Å². The highest BCUT2D eigenvalue weighted by molar-refractivity contribution is 5.94. The number of amides is 1. The van der Waals surface area contributed by atoms with Gasteiger partial charge in [-0.15, -0.1) is 0 Å². The fourth-order valence-corrected chi connectivity index (χ4v) is 3.35. The Bertz CT molecular complexity index is 1070. The molecule has 1 saturated carbocycles. The average molecular weight is 413 g/mol. The smallest absolute Gasteiger partial charge is 0.254 e. The van der Waals surface area contributed by atoms with Crippen LogP contribution in [0.1, 0.15) is 42.7 Å². The Labute approximate surface area is 173 Å². The normalized spacial score (nSPS) is 19.0. The monoisotopic (exact) mass is 413 g/mol. The van der Waals surface area contributed by atoms with Gasteiger partial charge in [0.1, 0.15) is 5.82 Å². The summed E-state index contributed by atoms with van der Waals surface area (Å²) in [6.07, 6.45) is 4.30. The van der Waals surface area contributed by atoms with Crippen molar-refractivity contribution in [2.45, 2.75) is 51.4 Å². The molecular weight excluding hydrogens is 389 g/mol. The molecular formula is C21H24FN5O3. The van der Waals surface area contributed by atoms with E-state index in [2.05, 4.69) is 20.4 Å². The van der Waals surface area contributed by atoms with Crippen LogP contribution in [0.15, 0.2) is 30.6 Å². The molecule has 1 amide bonds. The van der Waals surface area contributed by atoms with E-state index in [1.807, 2.05) is 6.92 Å². The van der Waals surface area contributed by atoms with Crippen LogP contribution in [0.2, 0.25) is 0 Å². The van der Waals surface area contributed by atoms with Gasteiger partial charge in [0.15, 0.2) is 0 Å². The lowest BCUT2D eigenvalue weighted by atomic mass is 9.89. The zero-order chi connectivity index (χ0) is 21.5. The number of hydrogen-bond acceptors (Lipinski definition) is 6. The molecule has 1 aromatic carbocycles. The van der Waals surface area contributed by atoms with Crippen molar-refractivity contribution in [1.29, 1.82) is 0 Å². The van der Waals surface area contributed by atoms with Crippen LogP contribution in [0, 0.1) is 12.7 Å². The summed E-state index contributed by atoms with van der Waals surface area (Å²) in [5.41, 5.74) is 0.773. The number of aryl methyl sites for hydroxylation is 1. The first-order valence-electron chi connectivity index (χ1n) is 9.82. The Balaban J connectivity index is 1.39. The van der Waals surface area contributed by atoms with Gasteiger partial charge in [-0.05, 0) is 45.7 Å². The van der Waals surface area contributed by atoms with Crippen molar-refractivity contribution in [2.75, 3.05) is 6.61 Å². The minimum Gasteiger partial charge on any atom is -0.388 e. The Kier molecular flexibility index (Phi) is 5.25. The second-order valence-corrected chi connectivity index (χ2v) is 8.32. The minimum absolute atomic E-state index is 0.0182. The van der Waals surface area contributed by atoms with Crippen LogP contribution in [0.5, 0.6) is 0 Å². The van der Waals surface area contributed by atoms with Crippen molar-refractivity contribution in [2.24, 2.45) is 0 Å². The summed E-state index contributed by atoms with van der Waals surface area (Å²) in [6.45, 7) is 5.48. The molecule has 4 rings (SSSR count). The summed E-state index contributed by atoms with van der Waals surface area (Å²) in [4.78, 5) is 20.9. The van der Waals surface area contributed by atoms with Gasteiger partial charge in [-0.25, -0.2) is 14.4 Å². The van der Waals surface area contributed by atoms with E-state index in [0.29, 0.717) is 23.9 Å². The van der Waals surface area contributed by atoms with Gasteiger partial charge in [0.2, 0.25) is 0 Å². The lowest BCUT2D eigenvalue weighted by molar-refractivity contribution is -0.0833. The Morgan fingerprint density at radius 1 is 1.33 bits per heavy atom. The largest absolute Gasteiger partial charge is 0.388 e. The predicted octanol–water partition coefficient (Wildman–Crippen LogP) is 2.31. The van der Waals surface area contributed by atoms with Crippen LogP contribution in [0.25, 0.3) is 16.9 Å². The summed E-state index contributed by atoms with van der Waals surface area (Å²) < 4.78 is 20.7. The van der Waals surface area contributed by atoms with E-state index in [1.165, 1.54) is 29.2 Å². The van der Waals surface area contributed by atoms with E-state index in [1.54, 1.807) is 19.9 Å². The molecule has 2 N–H and O–H groups in total. The van der Waals surface area contributed by atoms with Gasteiger partial charge in [-0.1, -0.05) is 0 Å². The van der Waals surface area contributed by atoms with Gasteiger partial charge in [0, 0.05) is 29.9 Å². The van der Waals surface area contributed by atoms with Crippen molar-refractivity contribution < 1.29 is 19.0 Å². The van der Waals surface area contributed by atoms with Crippen LogP contribution in [0.3, 0.4) is 0 Å². The molecule has 9 heteroatoms. The van der Waals surface area contributed by atoms with Gasteiger partial charge in [-0.3, -0.25) is 4.79 Å². The second kappa shape index (κ2) is 7.73. The first-order valence-corrected chi connectivity index (χ1v) is 9.82. The fourth-order valence-electron chi connectivity index (χ4n) is 3.35. The number of fused-ring (bicyclic) bond motifs is 1. The fraction of sp³-hybridized carbons (Fsp3) is 0.429. The first-order chi connectivity index (χ1) is 14.2. The Hall–Kier alpha value is -2.91. The molecule has 0 radical (unpaired) electrons. The van der Waals surface area contributed by atoms with Crippen molar-refractivity contribution in [3.05, 3.63) is 47.7 Å². The van der Waals surface area contributed by atoms with Gasteiger partial charge in [-0.2, -0.15) is 9.78 Å². The number of rotatable bonds is 6. The molecule has 2 aromatic heterocycles. The predicted molar refractivity (Wildman–Crippen MR) is 108 cm³/mol. The molecule has 0 spiro atoms. The number of aromatic nitrogens is 4. The lowest BCUT2D eigenvalue weighted by Gasteiger charge is -2.36.